The number of quaternary nitrogens is 1. The Kier molecular flexibility index (Phi) is 10.1. The van der Waals surface area contributed by atoms with Gasteiger partial charge in [0.25, 0.3) is 0 Å². The van der Waals surface area contributed by atoms with Gasteiger partial charge in [-0.15, -0.1) is 0 Å². The molecule has 0 unspecified atom stereocenters. The third kappa shape index (κ3) is 8.66. The first-order chi connectivity index (χ1) is 19.8. The molecular weight excluding hydrogens is 518 g/mol. The molecule has 0 spiro atoms. The van der Waals surface area contributed by atoms with Crippen LogP contribution in [0.2, 0.25) is 0 Å². The lowest BCUT2D eigenvalue weighted by Gasteiger charge is -2.36. The van der Waals surface area contributed by atoms with E-state index in [0.717, 1.165) is 53.4 Å². The van der Waals surface area contributed by atoms with E-state index in [2.05, 4.69) is 24.7 Å². The Morgan fingerprint density at radius 2 is 1.73 bits per heavy atom. The van der Waals surface area contributed by atoms with E-state index in [9.17, 15) is 14.4 Å². The predicted molar refractivity (Wildman–Crippen MR) is 161 cm³/mol. The van der Waals surface area contributed by atoms with Gasteiger partial charge in [-0.3, -0.25) is 14.9 Å². The molecule has 1 saturated heterocycles. The van der Waals surface area contributed by atoms with Crippen LogP contribution in [0.15, 0.2) is 66.7 Å². The summed E-state index contributed by atoms with van der Waals surface area (Å²) < 4.78 is 12.2. The van der Waals surface area contributed by atoms with Crippen molar-refractivity contribution >= 4 is 29.7 Å². The average molecular weight is 559 g/mol. The first kappa shape index (κ1) is 29.8. The van der Waals surface area contributed by atoms with Gasteiger partial charge in [-0.05, 0) is 49.1 Å². The number of carbonyl (C=O) groups is 3. The number of anilines is 2. The van der Waals surface area contributed by atoms with Crippen LogP contribution in [0, 0.1) is 0 Å². The number of carbonyl (C=O) groups excluding carboxylic acids is 3. The summed E-state index contributed by atoms with van der Waals surface area (Å²) in [4.78, 5) is 36.7. The smallest absolute Gasteiger partial charge is 0.411 e. The number of nitrogens with zero attached hydrogens (tertiary/aromatic N) is 1. The third-order valence-corrected chi connectivity index (χ3v) is 7.39. The molecule has 0 radical (unpaired) electrons. The number of hydrogen-bond acceptors (Lipinski definition) is 5. The third-order valence-electron chi connectivity index (χ3n) is 7.39. The molecule has 2 amide bonds. The average Bonchev–Trinajstić information content (AvgIpc) is 2.95. The minimum absolute atomic E-state index is 0.0812. The van der Waals surface area contributed by atoms with Crippen LogP contribution in [0.4, 0.5) is 16.2 Å². The summed E-state index contributed by atoms with van der Waals surface area (Å²) in [5.74, 6) is 0.326. The minimum Gasteiger partial charge on any atom is -0.493 e. The highest BCUT2D eigenvalue weighted by atomic mass is 16.6. The molecule has 0 bridgehead atoms. The predicted octanol–water partition coefficient (Wildman–Crippen LogP) is 6.31. The van der Waals surface area contributed by atoms with E-state index in [-0.39, 0.29) is 12.0 Å². The van der Waals surface area contributed by atoms with Crippen LogP contribution < -0.4 is 15.4 Å². The van der Waals surface area contributed by atoms with Gasteiger partial charge in [0.2, 0.25) is 5.91 Å². The molecule has 1 fully saturated rings. The number of aryl methyl sites for hydroxylation is 1. The topological polar surface area (TPSA) is 93.7 Å². The highest BCUT2D eigenvalue weighted by Gasteiger charge is 2.28. The van der Waals surface area contributed by atoms with Crippen LogP contribution in [0.3, 0.4) is 0 Å². The number of likely N-dealkylation sites (tertiary alicyclic amines) is 1. The SMILES string of the molecule is CCOc1cc(NC(=O)CCCc2ccc(-c3ccccc3)c(NC(=O)OC3CC[N+](C)(C)CC3)c2)ccc1C=O. The van der Waals surface area contributed by atoms with Crippen molar-refractivity contribution in [2.24, 2.45) is 0 Å². The van der Waals surface area contributed by atoms with Crippen LogP contribution in [0.25, 0.3) is 11.1 Å². The zero-order valence-corrected chi connectivity index (χ0v) is 24.2. The Hall–Kier alpha value is -4.17. The van der Waals surface area contributed by atoms with Gasteiger partial charge in [0.15, 0.2) is 6.29 Å². The number of piperidine rings is 1. The fourth-order valence-electron chi connectivity index (χ4n) is 5.04. The molecule has 1 aliphatic rings. The number of aldehydes is 1. The van der Waals surface area contributed by atoms with Crippen LogP contribution >= 0.6 is 0 Å². The quantitative estimate of drug-likeness (QED) is 0.212. The van der Waals surface area contributed by atoms with Crippen LogP contribution in [0.1, 0.15) is 48.5 Å². The Morgan fingerprint density at radius 1 is 0.976 bits per heavy atom. The first-order valence-electron chi connectivity index (χ1n) is 14.3. The number of nitrogens with one attached hydrogen (secondary N) is 2. The Morgan fingerprint density at radius 3 is 2.44 bits per heavy atom. The van der Waals surface area contributed by atoms with Gasteiger partial charge >= 0.3 is 6.09 Å². The fourth-order valence-corrected chi connectivity index (χ4v) is 5.04. The highest BCUT2D eigenvalue weighted by Crippen LogP contribution is 2.30. The second kappa shape index (κ2) is 13.9. The summed E-state index contributed by atoms with van der Waals surface area (Å²) in [7, 11) is 4.39. The van der Waals surface area contributed by atoms with Crippen LogP contribution in [-0.4, -0.2) is 62.7 Å². The van der Waals surface area contributed by atoms with Crippen molar-refractivity contribution in [2.45, 2.75) is 45.1 Å². The van der Waals surface area contributed by atoms with Gasteiger partial charge in [-0.2, -0.15) is 0 Å². The largest absolute Gasteiger partial charge is 0.493 e. The Balaban J connectivity index is 1.38. The van der Waals surface area contributed by atoms with Gasteiger partial charge in [0.1, 0.15) is 11.9 Å². The van der Waals surface area contributed by atoms with Gasteiger partial charge in [0, 0.05) is 36.6 Å². The van der Waals surface area contributed by atoms with Crippen molar-refractivity contribution in [1.29, 1.82) is 0 Å². The van der Waals surface area contributed by atoms with E-state index in [1.807, 2.05) is 55.5 Å². The maximum atomic E-state index is 12.9. The van der Waals surface area contributed by atoms with Crippen LogP contribution in [0.5, 0.6) is 5.75 Å². The molecule has 0 aliphatic carbocycles. The molecule has 0 saturated carbocycles. The monoisotopic (exact) mass is 558 g/mol. The first-order valence-corrected chi connectivity index (χ1v) is 14.3. The van der Waals surface area contributed by atoms with Gasteiger partial charge in [-0.1, -0.05) is 42.5 Å². The lowest BCUT2D eigenvalue weighted by atomic mass is 9.99. The maximum Gasteiger partial charge on any atom is 0.411 e. The van der Waals surface area contributed by atoms with Crippen molar-refractivity contribution < 1.29 is 28.3 Å². The summed E-state index contributed by atoms with van der Waals surface area (Å²) in [6.07, 6.45) is 3.52. The molecule has 3 aromatic carbocycles. The van der Waals surface area contributed by atoms with Crippen molar-refractivity contribution in [3.63, 3.8) is 0 Å². The maximum absolute atomic E-state index is 12.9. The molecule has 41 heavy (non-hydrogen) atoms. The molecule has 8 nitrogen and oxygen atoms in total. The van der Waals surface area contributed by atoms with Crippen molar-refractivity contribution in [1.82, 2.24) is 0 Å². The molecular formula is C33H40N3O5+. The zero-order valence-electron chi connectivity index (χ0n) is 24.2. The zero-order chi connectivity index (χ0) is 29.2. The van der Waals surface area contributed by atoms with E-state index in [1.165, 1.54) is 0 Å². The van der Waals surface area contributed by atoms with Crippen molar-refractivity contribution in [2.75, 3.05) is 44.4 Å². The Bertz CT molecular complexity index is 1350. The second-order valence-electron chi connectivity index (χ2n) is 11.1. The van der Waals surface area contributed by atoms with E-state index in [4.69, 9.17) is 9.47 Å². The van der Waals surface area contributed by atoms with E-state index in [0.29, 0.717) is 48.6 Å². The molecule has 1 aliphatic heterocycles. The molecule has 8 heteroatoms. The minimum atomic E-state index is -0.442. The van der Waals surface area contributed by atoms with Crippen molar-refractivity contribution in [3.8, 4) is 16.9 Å². The summed E-state index contributed by atoms with van der Waals surface area (Å²) in [5, 5.41) is 5.87. The number of ether oxygens (including phenoxy) is 2. The lowest BCUT2D eigenvalue weighted by molar-refractivity contribution is -0.896. The van der Waals surface area contributed by atoms with Gasteiger partial charge in [0.05, 0.1) is 45.0 Å². The van der Waals surface area contributed by atoms with Crippen molar-refractivity contribution in [3.05, 3.63) is 77.9 Å². The number of benzene rings is 3. The summed E-state index contributed by atoms with van der Waals surface area (Å²) in [6.45, 7) is 4.23. The number of rotatable bonds is 11. The van der Waals surface area contributed by atoms with Gasteiger partial charge < -0.3 is 19.3 Å². The molecule has 4 rings (SSSR count). The van der Waals surface area contributed by atoms with Gasteiger partial charge in [-0.25, -0.2) is 4.79 Å². The molecule has 1 heterocycles. The summed E-state index contributed by atoms with van der Waals surface area (Å²) in [6, 6.07) is 20.9. The van der Waals surface area contributed by atoms with E-state index >= 15 is 0 Å². The fraction of sp³-hybridized carbons (Fsp3) is 0.364. The van der Waals surface area contributed by atoms with Crippen LogP contribution in [-0.2, 0) is 16.0 Å². The summed E-state index contributed by atoms with van der Waals surface area (Å²) >= 11 is 0. The molecule has 0 atom stereocenters. The molecule has 2 N–H and O–H groups in total. The Labute approximate surface area is 242 Å². The highest BCUT2D eigenvalue weighted by molar-refractivity contribution is 5.93. The lowest BCUT2D eigenvalue weighted by Crippen LogP contribution is -2.48. The second-order valence-corrected chi connectivity index (χ2v) is 11.1. The molecule has 216 valence electrons. The number of amides is 2. The number of hydrogen-bond donors (Lipinski definition) is 2. The molecule has 0 aromatic heterocycles. The van der Waals surface area contributed by atoms with E-state index < -0.39 is 6.09 Å². The molecule has 3 aromatic rings. The standard InChI is InChI=1S/C33H39N3O5/c1-4-40-31-22-27(15-14-26(31)23-37)34-32(38)12-8-9-24-13-16-29(25-10-6-5-7-11-25)30(21-24)35-33(39)41-28-17-19-36(2,3)20-18-28/h5-7,10-11,13-16,21-23,28H,4,8-9,12,17-20H2,1-3H3,(H-,34,35,37,38,39)/p+1. The normalized spacial score (nSPS) is 14.6. The van der Waals surface area contributed by atoms with E-state index in [1.54, 1.807) is 18.2 Å². The summed E-state index contributed by atoms with van der Waals surface area (Å²) in [5.41, 5.74) is 4.64.